The summed E-state index contributed by atoms with van der Waals surface area (Å²) in [7, 11) is 0. The average molecular weight is 377 g/mol. The van der Waals surface area contributed by atoms with E-state index in [2.05, 4.69) is 4.98 Å². The second kappa shape index (κ2) is 6.81. The van der Waals surface area contributed by atoms with Gasteiger partial charge in [-0.25, -0.2) is 4.79 Å². The molecule has 0 fully saturated rings. The van der Waals surface area contributed by atoms with Crippen molar-refractivity contribution in [3.63, 3.8) is 0 Å². The lowest BCUT2D eigenvalue weighted by molar-refractivity contribution is 0.0734. The number of rotatable bonds is 3. The van der Waals surface area contributed by atoms with Crippen LogP contribution >= 0.6 is 11.3 Å². The van der Waals surface area contributed by atoms with Gasteiger partial charge in [-0.3, -0.25) is 9.78 Å². The standard InChI is InChI=1S/C21H15NO4S/c1-12-5-8-27-18(12)11-17-20(23)19-13(2)9-15(10-16(19)26-17)25-21(24)14-3-6-22-7-4-14/h3-11H,1-2H3/b17-11-. The van der Waals surface area contributed by atoms with Gasteiger partial charge in [0.1, 0.15) is 11.5 Å². The van der Waals surface area contributed by atoms with E-state index in [-0.39, 0.29) is 11.5 Å². The molecule has 0 saturated carbocycles. The van der Waals surface area contributed by atoms with Crippen molar-refractivity contribution in [2.75, 3.05) is 0 Å². The van der Waals surface area contributed by atoms with Crippen LogP contribution in [0.15, 0.2) is 53.9 Å². The van der Waals surface area contributed by atoms with Gasteiger partial charge in [-0.15, -0.1) is 11.3 Å². The number of carbonyl (C=O) groups excluding carboxylic acids is 2. The first-order valence-corrected chi connectivity index (χ1v) is 9.16. The number of Topliss-reactive ketones (excluding diaryl/α,β-unsaturated/α-hetero) is 1. The fourth-order valence-corrected chi connectivity index (χ4v) is 3.69. The molecule has 2 aromatic heterocycles. The Morgan fingerprint density at radius 2 is 1.93 bits per heavy atom. The van der Waals surface area contributed by atoms with Crippen molar-refractivity contribution in [3.8, 4) is 11.5 Å². The summed E-state index contributed by atoms with van der Waals surface area (Å²) in [5.74, 6) is 0.344. The molecule has 4 rings (SSSR count). The number of fused-ring (bicyclic) bond motifs is 1. The second-order valence-corrected chi connectivity index (χ2v) is 7.09. The summed E-state index contributed by atoms with van der Waals surface area (Å²) >= 11 is 1.55. The Kier molecular flexibility index (Phi) is 4.33. The number of ether oxygens (including phenoxy) is 2. The molecule has 0 bridgehead atoms. The Hall–Kier alpha value is -3.25. The van der Waals surface area contributed by atoms with Crippen molar-refractivity contribution in [2.24, 2.45) is 0 Å². The Bertz CT molecular complexity index is 1080. The Labute approximate surface area is 159 Å². The number of nitrogens with zero attached hydrogens (tertiary/aromatic N) is 1. The monoisotopic (exact) mass is 377 g/mol. The lowest BCUT2D eigenvalue weighted by Crippen LogP contribution is -2.08. The van der Waals surface area contributed by atoms with Crippen LogP contribution in [0.4, 0.5) is 0 Å². The van der Waals surface area contributed by atoms with Crippen LogP contribution in [0.1, 0.15) is 36.7 Å². The number of pyridine rings is 1. The summed E-state index contributed by atoms with van der Waals surface area (Å²) in [4.78, 5) is 29.8. The van der Waals surface area contributed by atoms with E-state index in [0.717, 1.165) is 10.4 Å². The highest BCUT2D eigenvalue weighted by Gasteiger charge is 2.30. The molecule has 6 heteroatoms. The molecule has 0 atom stereocenters. The minimum absolute atomic E-state index is 0.165. The number of hydrogen-bond donors (Lipinski definition) is 0. The Morgan fingerprint density at radius 3 is 2.63 bits per heavy atom. The number of esters is 1. The number of ketones is 1. The van der Waals surface area contributed by atoms with Crippen LogP contribution in [0.3, 0.4) is 0 Å². The number of benzene rings is 1. The largest absolute Gasteiger partial charge is 0.452 e. The zero-order chi connectivity index (χ0) is 19.0. The van der Waals surface area contributed by atoms with E-state index in [4.69, 9.17) is 9.47 Å². The lowest BCUT2D eigenvalue weighted by atomic mass is 10.0. The van der Waals surface area contributed by atoms with E-state index in [0.29, 0.717) is 28.2 Å². The maximum absolute atomic E-state index is 12.7. The first kappa shape index (κ1) is 17.2. The van der Waals surface area contributed by atoms with E-state index in [1.807, 2.05) is 18.4 Å². The number of aromatic nitrogens is 1. The van der Waals surface area contributed by atoms with Gasteiger partial charge in [0.2, 0.25) is 5.78 Å². The van der Waals surface area contributed by atoms with Crippen molar-refractivity contribution in [2.45, 2.75) is 13.8 Å². The van der Waals surface area contributed by atoms with E-state index in [9.17, 15) is 9.59 Å². The Balaban J connectivity index is 1.63. The minimum Gasteiger partial charge on any atom is -0.452 e. The fourth-order valence-electron chi connectivity index (χ4n) is 2.84. The van der Waals surface area contributed by atoms with E-state index in [1.54, 1.807) is 48.6 Å². The predicted molar refractivity (Wildman–Crippen MR) is 102 cm³/mol. The molecule has 0 N–H and O–H groups in total. The van der Waals surface area contributed by atoms with E-state index < -0.39 is 5.97 Å². The first-order valence-electron chi connectivity index (χ1n) is 8.28. The van der Waals surface area contributed by atoms with Crippen LogP contribution in [0.25, 0.3) is 6.08 Å². The molecule has 0 saturated heterocycles. The highest BCUT2D eigenvalue weighted by atomic mass is 32.1. The summed E-state index contributed by atoms with van der Waals surface area (Å²) in [6, 6.07) is 8.38. The minimum atomic E-state index is -0.494. The molecular formula is C21H15NO4S. The van der Waals surface area contributed by atoms with Crippen molar-refractivity contribution in [1.29, 1.82) is 0 Å². The Morgan fingerprint density at radius 1 is 1.15 bits per heavy atom. The number of carbonyl (C=O) groups is 2. The molecule has 0 aliphatic carbocycles. The highest BCUT2D eigenvalue weighted by molar-refractivity contribution is 7.11. The summed E-state index contributed by atoms with van der Waals surface area (Å²) < 4.78 is 11.2. The summed E-state index contributed by atoms with van der Waals surface area (Å²) in [5.41, 5.74) is 2.68. The summed E-state index contributed by atoms with van der Waals surface area (Å²) in [6.07, 6.45) is 4.80. The number of thiophene rings is 1. The van der Waals surface area contributed by atoms with Crippen molar-refractivity contribution in [3.05, 3.63) is 81.0 Å². The third kappa shape index (κ3) is 3.27. The molecule has 0 unspecified atom stereocenters. The van der Waals surface area contributed by atoms with Gasteiger partial charge in [0.05, 0.1) is 11.1 Å². The predicted octanol–water partition coefficient (Wildman–Crippen LogP) is 4.60. The average Bonchev–Trinajstić information content (AvgIpc) is 3.19. The molecule has 3 aromatic rings. The van der Waals surface area contributed by atoms with Gasteiger partial charge in [-0.1, -0.05) is 0 Å². The smallest absolute Gasteiger partial charge is 0.343 e. The molecule has 1 aliphatic heterocycles. The molecule has 0 amide bonds. The van der Waals surface area contributed by atoms with Crippen molar-refractivity contribution in [1.82, 2.24) is 4.98 Å². The van der Waals surface area contributed by atoms with Crippen LogP contribution in [-0.2, 0) is 0 Å². The van der Waals surface area contributed by atoms with Crippen LogP contribution in [0.5, 0.6) is 11.5 Å². The molecule has 3 heterocycles. The molecule has 5 nitrogen and oxygen atoms in total. The van der Waals surface area contributed by atoms with Crippen LogP contribution in [0.2, 0.25) is 0 Å². The second-order valence-electron chi connectivity index (χ2n) is 6.15. The topological polar surface area (TPSA) is 65.5 Å². The third-order valence-corrected chi connectivity index (χ3v) is 5.20. The van der Waals surface area contributed by atoms with Gasteiger partial charge in [0, 0.05) is 29.4 Å². The van der Waals surface area contributed by atoms with Gasteiger partial charge >= 0.3 is 5.97 Å². The van der Waals surface area contributed by atoms with Gasteiger partial charge in [-0.05, 0) is 54.6 Å². The van der Waals surface area contributed by atoms with Gasteiger partial charge < -0.3 is 9.47 Å². The maximum Gasteiger partial charge on any atom is 0.343 e. The third-order valence-electron chi connectivity index (χ3n) is 4.23. The number of hydrogen-bond acceptors (Lipinski definition) is 6. The summed E-state index contributed by atoms with van der Waals surface area (Å²) in [5, 5.41) is 1.97. The fraction of sp³-hybridized carbons (Fsp3) is 0.0952. The van der Waals surface area contributed by atoms with Crippen molar-refractivity contribution < 1.29 is 19.1 Å². The molecule has 1 aromatic carbocycles. The zero-order valence-corrected chi connectivity index (χ0v) is 15.5. The molecule has 0 spiro atoms. The highest BCUT2D eigenvalue weighted by Crippen LogP contribution is 2.38. The normalized spacial score (nSPS) is 14.1. The van der Waals surface area contributed by atoms with Gasteiger partial charge in [0.25, 0.3) is 0 Å². The quantitative estimate of drug-likeness (QED) is 0.379. The number of allylic oxidation sites excluding steroid dienone is 1. The summed E-state index contributed by atoms with van der Waals surface area (Å²) in [6.45, 7) is 3.78. The van der Waals surface area contributed by atoms with Gasteiger partial charge in [0.15, 0.2) is 5.76 Å². The maximum atomic E-state index is 12.7. The lowest BCUT2D eigenvalue weighted by Gasteiger charge is -2.07. The van der Waals surface area contributed by atoms with Crippen LogP contribution in [-0.4, -0.2) is 16.7 Å². The SMILES string of the molecule is Cc1ccsc1/C=C1\Oc2cc(OC(=O)c3ccncc3)cc(C)c2C1=O. The van der Waals surface area contributed by atoms with Gasteiger partial charge in [-0.2, -0.15) is 0 Å². The first-order chi connectivity index (χ1) is 13.0. The van der Waals surface area contributed by atoms with Crippen LogP contribution in [0, 0.1) is 13.8 Å². The number of aryl methyl sites for hydroxylation is 2. The van der Waals surface area contributed by atoms with E-state index in [1.165, 1.54) is 12.4 Å². The molecule has 0 radical (unpaired) electrons. The zero-order valence-electron chi connectivity index (χ0n) is 14.7. The molecule has 134 valence electrons. The van der Waals surface area contributed by atoms with Crippen molar-refractivity contribution >= 4 is 29.2 Å². The van der Waals surface area contributed by atoms with E-state index >= 15 is 0 Å². The molecule has 1 aliphatic rings. The van der Waals surface area contributed by atoms with Crippen LogP contribution < -0.4 is 9.47 Å². The molecule has 27 heavy (non-hydrogen) atoms. The molecular weight excluding hydrogens is 362 g/mol.